The Bertz CT molecular complexity index is 768. The number of rotatable bonds is 8. The summed E-state index contributed by atoms with van der Waals surface area (Å²) in [6.45, 7) is 6.44. The van der Waals surface area contributed by atoms with Crippen molar-refractivity contribution >= 4 is 0 Å². The quantitative estimate of drug-likeness (QED) is 0.685. The van der Waals surface area contributed by atoms with Gasteiger partial charge in [0.25, 0.3) is 0 Å². The van der Waals surface area contributed by atoms with E-state index in [9.17, 15) is 0 Å². The number of aromatic nitrogens is 3. The van der Waals surface area contributed by atoms with Gasteiger partial charge in [-0.05, 0) is 43.2 Å². The lowest BCUT2D eigenvalue weighted by molar-refractivity contribution is 0.305. The first-order chi connectivity index (χ1) is 12.2. The minimum Gasteiger partial charge on any atom is -0.489 e. The van der Waals surface area contributed by atoms with Crippen molar-refractivity contribution in [1.29, 1.82) is 0 Å². The third-order valence-electron chi connectivity index (χ3n) is 3.93. The SMILES string of the molecule is Cc1cnn(C[C@@H](C)NCc2ccc(OCc3cccnc3)cc2)c1. The Morgan fingerprint density at radius 2 is 1.96 bits per heavy atom. The van der Waals surface area contributed by atoms with E-state index in [4.69, 9.17) is 4.74 Å². The number of hydrogen-bond acceptors (Lipinski definition) is 4. The molecule has 5 heteroatoms. The summed E-state index contributed by atoms with van der Waals surface area (Å²) in [7, 11) is 0. The monoisotopic (exact) mass is 336 g/mol. The zero-order chi connectivity index (χ0) is 17.5. The summed E-state index contributed by atoms with van der Waals surface area (Å²) in [5.74, 6) is 0.868. The third kappa shape index (κ3) is 5.43. The first kappa shape index (κ1) is 17.2. The number of ether oxygens (including phenoxy) is 1. The van der Waals surface area contributed by atoms with E-state index in [1.807, 2.05) is 41.3 Å². The normalized spacial score (nSPS) is 12.1. The fourth-order valence-corrected chi connectivity index (χ4v) is 2.56. The zero-order valence-corrected chi connectivity index (χ0v) is 14.7. The van der Waals surface area contributed by atoms with E-state index in [0.717, 1.165) is 24.4 Å². The number of benzene rings is 1. The molecule has 1 N–H and O–H groups in total. The molecule has 0 unspecified atom stereocenters. The van der Waals surface area contributed by atoms with Crippen LogP contribution in [0.4, 0.5) is 0 Å². The summed E-state index contributed by atoms with van der Waals surface area (Å²) in [6.07, 6.45) is 7.53. The molecule has 0 fully saturated rings. The molecule has 130 valence electrons. The maximum absolute atomic E-state index is 5.78. The zero-order valence-electron chi connectivity index (χ0n) is 14.7. The van der Waals surface area contributed by atoms with Crippen LogP contribution in [0.1, 0.15) is 23.6 Å². The van der Waals surface area contributed by atoms with Crippen molar-refractivity contribution in [3.8, 4) is 5.75 Å². The Morgan fingerprint density at radius 1 is 1.12 bits per heavy atom. The number of aryl methyl sites for hydroxylation is 1. The largest absolute Gasteiger partial charge is 0.489 e. The minimum atomic E-state index is 0.348. The molecule has 0 radical (unpaired) electrons. The summed E-state index contributed by atoms with van der Waals surface area (Å²) in [5, 5.41) is 7.85. The van der Waals surface area contributed by atoms with Gasteiger partial charge in [-0.3, -0.25) is 9.67 Å². The molecule has 2 heterocycles. The molecule has 2 aromatic heterocycles. The van der Waals surface area contributed by atoms with E-state index in [1.165, 1.54) is 11.1 Å². The Kier molecular flexibility index (Phi) is 5.80. The molecule has 1 aromatic carbocycles. The van der Waals surface area contributed by atoms with Gasteiger partial charge in [0, 0.05) is 36.7 Å². The van der Waals surface area contributed by atoms with Gasteiger partial charge in [0.05, 0.1) is 12.7 Å². The van der Waals surface area contributed by atoms with E-state index in [2.05, 4.69) is 47.6 Å². The van der Waals surface area contributed by atoms with Crippen LogP contribution in [0.3, 0.4) is 0 Å². The third-order valence-corrected chi connectivity index (χ3v) is 3.93. The molecular weight excluding hydrogens is 312 g/mol. The van der Waals surface area contributed by atoms with Crippen molar-refractivity contribution in [2.75, 3.05) is 0 Å². The van der Waals surface area contributed by atoms with E-state index < -0.39 is 0 Å². The van der Waals surface area contributed by atoms with Gasteiger partial charge >= 0.3 is 0 Å². The first-order valence-electron chi connectivity index (χ1n) is 8.52. The maximum atomic E-state index is 5.78. The fourth-order valence-electron chi connectivity index (χ4n) is 2.56. The van der Waals surface area contributed by atoms with Crippen molar-refractivity contribution < 1.29 is 4.74 Å². The van der Waals surface area contributed by atoms with Crippen LogP contribution < -0.4 is 10.1 Å². The summed E-state index contributed by atoms with van der Waals surface area (Å²) >= 11 is 0. The fraction of sp³-hybridized carbons (Fsp3) is 0.300. The van der Waals surface area contributed by atoms with Gasteiger partial charge in [-0.25, -0.2) is 0 Å². The molecule has 0 saturated heterocycles. The lowest BCUT2D eigenvalue weighted by Crippen LogP contribution is -2.30. The topological polar surface area (TPSA) is 52.0 Å². The number of pyridine rings is 1. The smallest absolute Gasteiger partial charge is 0.119 e. The highest BCUT2D eigenvalue weighted by molar-refractivity contribution is 5.27. The van der Waals surface area contributed by atoms with Crippen molar-refractivity contribution in [1.82, 2.24) is 20.1 Å². The van der Waals surface area contributed by atoms with Gasteiger partial charge in [0.2, 0.25) is 0 Å². The van der Waals surface area contributed by atoms with Crippen LogP contribution >= 0.6 is 0 Å². The molecule has 3 rings (SSSR count). The molecule has 0 aliphatic carbocycles. The molecule has 0 bridgehead atoms. The minimum absolute atomic E-state index is 0.348. The molecule has 1 atom stereocenters. The lowest BCUT2D eigenvalue weighted by Gasteiger charge is -2.14. The number of hydrogen-bond donors (Lipinski definition) is 1. The van der Waals surface area contributed by atoms with Crippen LogP contribution in [0.5, 0.6) is 5.75 Å². The standard InChI is InChI=1S/C20H24N4O/c1-16-10-23-24(13-16)14-17(2)22-12-18-5-7-20(8-6-18)25-15-19-4-3-9-21-11-19/h3-11,13,17,22H,12,14-15H2,1-2H3/t17-/m1/s1. The second kappa shape index (κ2) is 8.44. The molecule has 25 heavy (non-hydrogen) atoms. The van der Waals surface area contributed by atoms with E-state index in [1.54, 1.807) is 6.20 Å². The Balaban J connectivity index is 1.44. The van der Waals surface area contributed by atoms with E-state index in [0.29, 0.717) is 12.6 Å². The van der Waals surface area contributed by atoms with E-state index in [-0.39, 0.29) is 0 Å². The van der Waals surface area contributed by atoms with Gasteiger partial charge < -0.3 is 10.1 Å². The molecule has 0 aliphatic rings. The Labute approximate surface area is 148 Å². The van der Waals surface area contributed by atoms with Crippen LogP contribution in [0.15, 0.2) is 61.2 Å². The van der Waals surface area contributed by atoms with E-state index >= 15 is 0 Å². The van der Waals surface area contributed by atoms with Crippen LogP contribution in [-0.4, -0.2) is 20.8 Å². The van der Waals surface area contributed by atoms with Crippen molar-refractivity contribution in [3.63, 3.8) is 0 Å². The molecule has 3 aromatic rings. The predicted molar refractivity (Wildman–Crippen MR) is 98.3 cm³/mol. The predicted octanol–water partition coefficient (Wildman–Crippen LogP) is 3.34. The lowest BCUT2D eigenvalue weighted by atomic mass is 10.2. The van der Waals surface area contributed by atoms with Gasteiger partial charge in [-0.15, -0.1) is 0 Å². The first-order valence-corrected chi connectivity index (χ1v) is 8.52. The van der Waals surface area contributed by atoms with Crippen LogP contribution in [-0.2, 0) is 19.7 Å². The molecule has 0 saturated carbocycles. The summed E-state index contributed by atoms with van der Waals surface area (Å²) in [5.41, 5.74) is 3.49. The van der Waals surface area contributed by atoms with Crippen molar-refractivity contribution in [2.45, 2.75) is 39.6 Å². The summed E-state index contributed by atoms with van der Waals surface area (Å²) in [6, 6.07) is 12.5. The highest BCUT2D eigenvalue weighted by Crippen LogP contribution is 2.14. The summed E-state index contributed by atoms with van der Waals surface area (Å²) < 4.78 is 7.76. The highest BCUT2D eigenvalue weighted by Gasteiger charge is 2.04. The van der Waals surface area contributed by atoms with Crippen LogP contribution in [0.2, 0.25) is 0 Å². The number of nitrogens with one attached hydrogen (secondary N) is 1. The number of nitrogens with zero attached hydrogens (tertiary/aromatic N) is 3. The highest BCUT2D eigenvalue weighted by atomic mass is 16.5. The van der Waals surface area contributed by atoms with Crippen LogP contribution in [0, 0.1) is 6.92 Å². The van der Waals surface area contributed by atoms with Gasteiger partial charge in [-0.2, -0.15) is 5.10 Å². The Morgan fingerprint density at radius 3 is 2.64 bits per heavy atom. The summed E-state index contributed by atoms with van der Waals surface area (Å²) in [4.78, 5) is 4.09. The van der Waals surface area contributed by atoms with Gasteiger partial charge in [0.1, 0.15) is 12.4 Å². The maximum Gasteiger partial charge on any atom is 0.119 e. The molecule has 0 amide bonds. The molecular formula is C20H24N4O. The average Bonchev–Trinajstić information content (AvgIpc) is 3.04. The van der Waals surface area contributed by atoms with Crippen molar-refractivity contribution in [3.05, 3.63) is 77.9 Å². The average molecular weight is 336 g/mol. The van der Waals surface area contributed by atoms with Gasteiger partial charge in [0.15, 0.2) is 0 Å². The molecule has 0 spiro atoms. The van der Waals surface area contributed by atoms with Gasteiger partial charge in [-0.1, -0.05) is 18.2 Å². The molecule has 5 nitrogen and oxygen atoms in total. The second-order valence-corrected chi connectivity index (χ2v) is 6.32. The van der Waals surface area contributed by atoms with Crippen molar-refractivity contribution in [2.24, 2.45) is 0 Å². The molecule has 0 aliphatic heterocycles. The van der Waals surface area contributed by atoms with Crippen LogP contribution in [0.25, 0.3) is 0 Å². The second-order valence-electron chi connectivity index (χ2n) is 6.32. The Hall–Kier alpha value is -2.66.